The predicted molar refractivity (Wildman–Crippen MR) is 65.9 cm³/mol. The van der Waals surface area contributed by atoms with Crippen LogP contribution < -0.4 is 5.32 Å². The third kappa shape index (κ3) is 4.55. The van der Waals surface area contributed by atoms with E-state index < -0.39 is 23.3 Å². The molecule has 0 aliphatic rings. The van der Waals surface area contributed by atoms with Gasteiger partial charge in [0.1, 0.15) is 6.61 Å². The Morgan fingerprint density at radius 3 is 2.60 bits per heavy atom. The summed E-state index contributed by atoms with van der Waals surface area (Å²) in [4.78, 5) is 11.5. The highest BCUT2D eigenvalue weighted by atomic mass is 19.4. The fraction of sp³-hybridized carbons (Fsp3) is 0.385. The van der Waals surface area contributed by atoms with Gasteiger partial charge in [-0.15, -0.1) is 0 Å². The van der Waals surface area contributed by atoms with E-state index in [1.165, 1.54) is 6.07 Å². The van der Waals surface area contributed by atoms with E-state index in [9.17, 15) is 18.0 Å². The van der Waals surface area contributed by atoms with Crippen molar-refractivity contribution >= 4 is 11.6 Å². The molecule has 1 N–H and O–H groups in total. The number of rotatable bonds is 4. The molecule has 0 fully saturated rings. The van der Waals surface area contributed by atoms with Gasteiger partial charge in [-0.3, -0.25) is 4.79 Å². The minimum absolute atomic E-state index is 0.131. The van der Waals surface area contributed by atoms with Crippen molar-refractivity contribution in [3.05, 3.63) is 29.3 Å². The molecular formula is C13H13F3N2O2. The first-order valence-electron chi connectivity index (χ1n) is 5.77. The second-order valence-corrected chi connectivity index (χ2v) is 4.28. The van der Waals surface area contributed by atoms with Crippen molar-refractivity contribution < 1.29 is 22.7 Å². The lowest BCUT2D eigenvalue weighted by Gasteiger charge is -2.14. The number of halogens is 3. The zero-order chi connectivity index (χ0) is 15.3. The van der Waals surface area contributed by atoms with Gasteiger partial charge >= 0.3 is 6.18 Å². The Balaban J connectivity index is 2.95. The highest BCUT2D eigenvalue weighted by Gasteiger charge is 2.34. The third-order valence-corrected chi connectivity index (χ3v) is 2.28. The summed E-state index contributed by atoms with van der Waals surface area (Å²) in [5.74, 6) is -0.686. The van der Waals surface area contributed by atoms with E-state index in [-0.39, 0.29) is 18.3 Å². The van der Waals surface area contributed by atoms with E-state index in [1.807, 2.05) is 0 Å². The zero-order valence-electron chi connectivity index (χ0n) is 10.9. The Bertz CT molecular complexity index is 533. The molecule has 0 atom stereocenters. The summed E-state index contributed by atoms with van der Waals surface area (Å²) in [6.45, 7) is 3.07. The molecule has 0 aromatic heterocycles. The van der Waals surface area contributed by atoms with Gasteiger partial charge in [0.25, 0.3) is 0 Å². The van der Waals surface area contributed by atoms with E-state index >= 15 is 0 Å². The lowest BCUT2D eigenvalue weighted by Crippen LogP contribution is -2.22. The third-order valence-electron chi connectivity index (χ3n) is 2.28. The number of ether oxygens (including phenoxy) is 1. The number of nitriles is 1. The maximum absolute atomic E-state index is 12.8. The van der Waals surface area contributed by atoms with Crippen LogP contribution in [0.3, 0.4) is 0 Å². The standard InChI is InChI=1S/C13H13F3N2O2/c1-8(2)20-7-12(19)18-11-4-3-9(6-17)5-10(11)13(14,15)16/h3-5,8H,7H2,1-2H3,(H,18,19). The molecule has 4 nitrogen and oxygen atoms in total. The lowest BCUT2D eigenvalue weighted by atomic mass is 10.1. The van der Waals surface area contributed by atoms with Crippen molar-refractivity contribution in [1.29, 1.82) is 5.26 Å². The van der Waals surface area contributed by atoms with Crippen LogP contribution in [0.25, 0.3) is 0 Å². The van der Waals surface area contributed by atoms with Gasteiger partial charge in [-0.25, -0.2) is 0 Å². The highest BCUT2D eigenvalue weighted by molar-refractivity contribution is 5.92. The molecule has 1 amide bonds. The molecule has 0 unspecified atom stereocenters. The molecule has 0 bridgehead atoms. The van der Waals surface area contributed by atoms with Gasteiger partial charge in [-0.1, -0.05) is 0 Å². The molecule has 1 rings (SSSR count). The SMILES string of the molecule is CC(C)OCC(=O)Nc1ccc(C#N)cc1C(F)(F)F. The van der Waals surface area contributed by atoms with Gasteiger partial charge in [0.05, 0.1) is 29.0 Å². The molecule has 20 heavy (non-hydrogen) atoms. The molecule has 0 heterocycles. The number of hydrogen-bond donors (Lipinski definition) is 1. The van der Waals surface area contributed by atoms with E-state index in [1.54, 1.807) is 19.9 Å². The van der Waals surface area contributed by atoms with Crippen molar-refractivity contribution in [2.24, 2.45) is 0 Å². The minimum atomic E-state index is -4.66. The van der Waals surface area contributed by atoms with Crippen molar-refractivity contribution in [3.8, 4) is 6.07 Å². The summed E-state index contributed by atoms with van der Waals surface area (Å²) in [6, 6.07) is 4.57. The molecule has 0 aliphatic heterocycles. The highest BCUT2D eigenvalue weighted by Crippen LogP contribution is 2.35. The Labute approximate surface area is 114 Å². The van der Waals surface area contributed by atoms with E-state index in [4.69, 9.17) is 10.00 Å². The van der Waals surface area contributed by atoms with Crippen molar-refractivity contribution in [2.45, 2.75) is 26.1 Å². The summed E-state index contributed by atoms with van der Waals surface area (Å²) in [7, 11) is 0. The van der Waals surface area contributed by atoms with Crippen LogP contribution in [0.1, 0.15) is 25.0 Å². The largest absolute Gasteiger partial charge is 0.418 e. The monoisotopic (exact) mass is 286 g/mol. The Hall–Kier alpha value is -2.07. The second kappa shape index (κ2) is 6.39. The molecule has 0 saturated carbocycles. The van der Waals surface area contributed by atoms with Crippen LogP contribution in [0.5, 0.6) is 0 Å². The van der Waals surface area contributed by atoms with Crippen LogP contribution in [0.2, 0.25) is 0 Å². The maximum atomic E-state index is 12.8. The summed E-state index contributed by atoms with van der Waals surface area (Å²) in [5, 5.41) is 10.8. The first kappa shape index (κ1) is 16.0. The van der Waals surface area contributed by atoms with Crippen LogP contribution in [0.4, 0.5) is 18.9 Å². The van der Waals surface area contributed by atoms with E-state index in [0.29, 0.717) is 6.07 Å². The number of anilines is 1. The molecule has 1 aromatic rings. The summed E-state index contributed by atoms with van der Waals surface area (Å²) < 4.78 is 43.5. The number of benzene rings is 1. The molecule has 108 valence electrons. The van der Waals surface area contributed by atoms with Crippen molar-refractivity contribution in [2.75, 3.05) is 11.9 Å². The summed E-state index contributed by atoms with van der Waals surface area (Å²) in [6.07, 6.45) is -4.86. The molecule has 1 aromatic carbocycles. The van der Waals surface area contributed by atoms with Crippen molar-refractivity contribution in [1.82, 2.24) is 0 Å². The Morgan fingerprint density at radius 1 is 1.45 bits per heavy atom. The number of amides is 1. The van der Waals surface area contributed by atoms with E-state index in [2.05, 4.69) is 5.32 Å². The number of carbonyl (C=O) groups excluding carboxylic acids is 1. The van der Waals surface area contributed by atoms with Gasteiger partial charge < -0.3 is 10.1 Å². The second-order valence-electron chi connectivity index (χ2n) is 4.28. The lowest BCUT2D eigenvalue weighted by molar-refractivity contribution is -0.137. The Morgan fingerprint density at radius 2 is 2.10 bits per heavy atom. The number of hydrogen-bond acceptors (Lipinski definition) is 3. The first-order chi connectivity index (χ1) is 9.24. The minimum Gasteiger partial charge on any atom is -0.369 e. The quantitative estimate of drug-likeness (QED) is 0.925. The van der Waals surface area contributed by atoms with E-state index in [0.717, 1.165) is 6.07 Å². The molecule has 0 saturated heterocycles. The predicted octanol–water partition coefficient (Wildman–Crippen LogP) is 2.94. The normalized spacial score (nSPS) is 11.2. The zero-order valence-corrected chi connectivity index (χ0v) is 10.9. The Kier molecular flexibility index (Phi) is 5.11. The number of nitrogens with one attached hydrogen (secondary N) is 1. The van der Waals surface area contributed by atoms with Gasteiger partial charge in [0.2, 0.25) is 5.91 Å². The number of nitrogens with zero attached hydrogens (tertiary/aromatic N) is 1. The average molecular weight is 286 g/mol. The first-order valence-corrected chi connectivity index (χ1v) is 5.77. The molecule has 0 radical (unpaired) electrons. The summed E-state index contributed by atoms with van der Waals surface area (Å²) in [5.41, 5.74) is -1.59. The fourth-order valence-corrected chi connectivity index (χ4v) is 1.39. The van der Waals surface area contributed by atoms with Crippen LogP contribution in [0.15, 0.2) is 18.2 Å². The molecule has 7 heteroatoms. The smallest absolute Gasteiger partial charge is 0.369 e. The van der Waals surface area contributed by atoms with Gasteiger partial charge in [0.15, 0.2) is 0 Å². The topological polar surface area (TPSA) is 62.1 Å². The number of carbonyl (C=O) groups is 1. The maximum Gasteiger partial charge on any atom is 0.418 e. The van der Waals surface area contributed by atoms with Crippen LogP contribution in [-0.2, 0) is 15.7 Å². The van der Waals surface area contributed by atoms with Gasteiger partial charge in [-0.2, -0.15) is 18.4 Å². The van der Waals surface area contributed by atoms with Gasteiger partial charge in [0, 0.05) is 0 Å². The van der Waals surface area contributed by atoms with Crippen LogP contribution in [0, 0.1) is 11.3 Å². The molecule has 0 spiro atoms. The number of alkyl halides is 3. The summed E-state index contributed by atoms with van der Waals surface area (Å²) >= 11 is 0. The van der Waals surface area contributed by atoms with Crippen molar-refractivity contribution in [3.63, 3.8) is 0 Å². The molecule has 0 aliphatic carbocycles. The molecular weight excluding hydrogens is 273 g/mol. The van der Waals surface area contributed by atoms with Crippen LogP contribution >= 0.6 is 0 Å². The average Bonchev–Trinajstić information content (AvgIpc) is 2.35. The van der Waals surface area contributed by atoms with Crippen LogP contribution in [-0.4, -0.2) is 18.6 Å². The van der Waals surface area contributed by atoms with Gasteiger partial charge in [-0.05, 0) is 32.0 Å². The fourth-order valence-electron chi connectivity index (χ4n) is 1.39.